The van der Waals surface area contributed by atoms with E-state index in [9.17, 15) is 9.90 Å². The largest absolute Gasteiger partial charge is 0.369 e. The second-order valence-electron chi connectivity index (χ2n) is 6.65. The van der Waals surface area contributed by atoms with Gasteiger partial charge in [-0.05, 0) is 37.1 Å². The van der Waals surface area contributed by atoms with Gasteiger partial charge in [0.2, 0.25) is 0 Å². The Kier molecular flexibility index (Phi) is 3.76. The fourth-order valence-electron chi connectivity index (χ4n) is 3.65. The highest BCUT2D eigenvalue weighted by Gasteiger charge is 2.42. The first kappa shape index (κ1) is 16.3. The van der Waals surface area contributed by atoms with E-state index >= 15 is 0 Å². The molecule has 0 bridgehead atoms. The van der Waals surface area contributed by atoms with Crippen molar-refractivity contribution in [3.8, 4) is 11.8 Å². The molecule has 2 nitrogen and oxygen atoms in total. The van der Waals surface area contributed by atoms with Gasteiger partial charge in [0.15, 0.2) is 11.4 Å². The van der Waals surface area contributed by atoms with E-state index in [1.165, 1.54) is 0 Å². The van der Waals surface area contributed by atoms with Crippen molar-refractivity contribution in [1.82, 2.24) is 0 Å². The van der Waals surface area contributed by atoms with Gasteiger partial charge in [-0.3, -0.25) is 4.79 Å². The van der Waals surface area contributed by atoms with Crippen LogP contribution in [0.4, 0.5) is 0 Å². The highest BCUT2D eigenvalue weighted by atomic mass is 16.3. The summed E-state index contributed by atoms with van der Waals surface area (Å²) in [6.45, 7) is 3.81. The van der Waals surface area contributed by atoms with Gasteiger partial charge < -0.3 is 5.11 Å². The van der Waals surface area contributed by atoms with Crippen LogP contribution in [0.15, 0.2) is 66.7 Å². The van der Waals surface area contributed by atoms with Gasteiger partial charge in [-0.2, -0.15) is 0 Å². The lowest BCUT2D eigenvalue weighted by Crippen LogP contribution is -2.36. The third-order valence-corrected chi connectivity index (χ3v) is 4.93. The number of rotatable bonds is 0. The molecule has 1 N–H and O–H groups in total. The van der Waals surface area contributed by atoms with E-state index in [0.717, 1.165) is 16.7 Å². The van der Waals surface area contributed by atoms with Crippen LogP contribution in [0.1, 0.15) is 43.7 Å². The molecule has 0 amide bonds. The molecule has 0 spiro atoms. The molecule has 0 aliphatic heterocycles. The SMILES string of the molecule is Cc1ccc(C)c2c1C(=O)c1ccccc1[C@]2(O)C#Cc1ccccc1. The Hall–Kier alpha value is -3.15. The summed E-state index contributed by atoms with van der Waals surface area (Å²) in [5.74, 6) is 6.10. The Labute approximate surface area is 153 Å². The smallest absolute Gasteiger partial charge is 0.194 e. The molecule has 0 saturated heterocycles. The fraction of sp³-hybridized carbons (Fsp3) is 0.125. The number of aliphatic hydroxyl groups is 1. The van der Waals surface area contributed by atoms with Crippen LogP contribution in [0.3, 0.4) is 0 Å². The second-order valence-corrected chi connectivity index (χ2v) is 6.65. The van der Waals surface area contributed by atoms with Crippen molar-refractivity contribution in [2.24, 2.45) is 0 Å². The van der Waals surface area contributed by atoms with Crippen molar-refractivity contribution in [3.05, 3.63) is 106 Å². The first-order valence-corrected chi connectivity index (χ1v) is 8.58. The van der Waals surface area contributed by atoms with Gasteiger partial charge in [-0.1, -0.05) is 66.4 Å². The van der Waals surface area contributed by atoms with Crippen LogP contribution in [0, 0.1) is 25.7 Å². The fourth-order valence-corrected chi connectivity index (χ4v) is 3.65. The number of carbonyl (C=O) groups is 1. The summed E-state index contributed by atoms with van der Waals surface area (Å²) < 4.78 is 0. The van der Waals surface area contributed by atoms with Crippen molar-refractivity contribution >= 4 is 5.78 Å². The molecule has 0 radical (unpaired) electrons. The summed E-state index contributed by atoms with van der Waals surface area (Å²) in [6, 6.07) is 20.6. The first-order chi connectivity index (χ1) is 12.5. The lowest BCUT2D eigenvalue weighted by molar-refractivity contribution is 0.0978. The van der Waals surface area contributed by atoms with Crippen molar-refractivity contribution in [2.75, 3.05) is 0 Å². The monoisotopic (exact) mass is 338 g/mol. The quantitative estimate of drug-likeness (QED) is 0.626. The van der Waals surface area contributed by atoms with Crippen LogP contribution in [0.5, 0.6) is 0 Å². The molecule has 0 fully saturated rings. The third kappa shape index (κ3) is 2.37. The maximum Gasteiger partial charge on any atom is 0.194 e. The van der Waals surface area contributed by atoms with E-state index in [4.69, 9.17) is 0 Å². The topological polar surface area (TPSA) is 37.3 Å². The summed E-state index contributed by atoms with van der Waals surface area (Å²) >= 11 is 0. The molecule has 1 atom stereocenters. The summed E-state index contributed by atoms with van der Waals surface area (Å²) in [5.41, 5.74) is 3.24. The van der Waals surface area contributed by atoms with Crippen LogP contribution in [-0.2, 0) is 5.60 Å². The van der Waals surface area contributed by atoms with Gasteiger partial charge in [0.25, 0.3) is 0 Å². The van der Waals surface area contributed by atoms with Crippen molar-refractivity contribution in [1.29, 1.82) is 0 Å². The molecule has 0 saturated carbocycles. The zero-order valence-electron chi connectivity index (χ0n) is 14.7. The molecule has 1 aliphatic rings. The molecule has 3 aromatic carbocycles. The summed E-state index contributed by atoms with van der Waals surface area (Å²) in [7, 11) is 0. The molecule has 3 aromatic rings. The average Bonchev–Trinajstić information content (AvgIpc) is 2.67. The maximum atomic E-state index is 13.1. The minimum absolute atomic E-state index is 0.0528. The molecular weight excluding hydrogens is 320 g/mol. The van der Waals surface area contributed by atoms with Gasteiger partial charge in [-0.15, -0.1) is 0 Å². The molecule has 4 rings (SSSR count). The molecule has 2 heteroatoms. The Morgan fingerprint density at radius 1 is 0.846 bits per heavy atom. The van der Waals surface area contributed by atoms with Gasteiger partial charge in [0, 0.05) is 27.8 Å². The minimum atomic E-state index is -1.52. The Morgan fingerprint density at radius 3 is 2.27 bits per heavy atom. The van der Waals surface area contributed by atoms with Crippen LogP contribution in [-0.4, -0.2) is 10.9 Å². The maximum absolute atomic E-state index is 13.1. The molecule has 26 heavy (non-hydrogen) atoms. The first-order valence-electron chi connectivity index (χ1n) is 8.58. The van der Waals surface area contributed by atoms with Gasteiger partial charge >= 0.3 is 0 Å². The number of hydrogen-bond acceptors (Lipinski definition) is 2. The van der Waals surface area contributed by atoms with Crippen molar-refractivity contribution in [2.45, 2.75) is 19.4 Å². The summed E-state index contributed by atoms with van der Waals surface area (Å²) in [4.78, 5) is 13.1. The van der Waals surface area contributed by atoms with Gasteiger partial charge in [-0.25, -0.2) is 0 Å². The van der Waals surface area contributed by atoms with Gasteiger partial charge in [0.1, 0.15) is 0 Å². The van der Waals surface area contributed by atoms with Crippen LogP contribution < -0.4 is 0 Å². The number of carbonyl (C=O) groups excluding carboxylic acids is 1. The number of hydrogen-bond donors (Lipinski definition) is 1. The number of fused-ring (bicyclic) bond motifs is 2. The molecule has 0 unspecified atom stereocenters. The predicted molar refractivity (Wildman–Crippen MR) is 102 cm³/mol. The lowest BCUT2D eigenvalue weighted by Gasteiger charge is -2.34. The minimum Gasteiger partial charge on any atom is -0.369 e. The van der Waals surface area contributed by atoms with E-state index in [0.29, 0.717) is 22.3 Å². The summed E-state index contributed by atoms with van der Waals surface area (Å²) in [5, 5.41) is 11.7. The Bertz CT molecular complexity index is 1080. The summed E-state index contributed by atoms with van der Waals surface area (Å²) in [6.07, 6.45) is 0. The third-order valence-electron chi connectivity index (χ3n) is 4.93. The second kappa shape index (κ2) is 5.98. The highest BCUT2D eigenvalue weighted by Crippen LogP contribution is 2.42. The van der Waals surface area contributed by atoms with Crippen LogP contribution in [0.2, 0.25) is 0 Å². The zero-order valence-corrected chi connectivity index (χ0v) is 14.7. The van der Waals surface area contributed by atoms with E-state index in [1.54, 1.807) is 12.1 Å². The standard InChI is InChI=1S/C24H18O2/c1-16-12-13-17(2)22-21(16)23(25)19-10-6-7-11-20(19)24(22,26)15-14-18-8-4-3-5-9-18/h3-13,26H,1-2H3/t24-/m1/s1. The van der Waals surface area contributed by atoms with E-state index < -0.39 is 5.60 Å². The molecule has 0 aromatic heterocycles. The molecule has 126 valence electrons. The molecule has 1 aliphatic carbocycles. The van der Waals surface area contributed by atoms with Crippen molar-refractivity contribution in [3.63, 3.8) is 0 Å². The Balaban J connectivity index is 2.04. The van der Waals surface area contributed by atoms with E-state index in [1.807, 2.05) is 68.4 Å². The van der Waals surface area contributed by atoms with Crippen molar-refractivity contribution < 1.29 is 9.90 Å². The number of aryl methyl sites for hydroxylation is 2. The van der Waals surface area contributed by atoms with Gasteiger partial charge in [0.05, 0.1) is 0 Å². The lowest BCUT2D eigenvalue weighted by atomic mass is 9.71. The zero-order chi connectivity index (χ0) is 18.3. The Morgan fingerprint density at radius 2 is 1.50 bits per heavy atom. The van der Waals surface area contributed by atoms with E-state index in [2.05, 4.69) is 11.8 Å². The molecule has 0 heterocycles. The average molecular weight is 338 g/mol. The number of ketones is 1. The van der Waals surface area contributed by atoms with E-state index in [-0.39, 0.29) is 5.78 Å². The predicted octanol–water partition coefficient (Wildman–Crippen LogP) is 4.14. The normalized spacial score (nSPS) is 17.7. The molecular formula is C24H18O2. The highest BCUT2D eigenvalue weighted by molar-refractivity contribution is 6.14. The van der Waals surface area contributed by atoms with Crippen LogP contribution >= 0.6 is 0 Å². The van der Waals surface area contributed by atoms with Crippen LogP contribution in [0.25, 0.3) is 0 Å². The number of benzene rings is 3.